The van der Waals surface area contributed by atoms with Gasteiger partial charge >= 0.3 is 0 Å². The van der Waals surface area contributed by atoms with E-state index in [9.17, 15) is 0 Å². The van der Waals surface area contributed by atoms with Crippen LogP contribution in [-0.2, 0) is 7.05 Å². The lowest BCUT2D eigenvalue weighted by molar-refractivity contribution is 0.162. The first-order valence-electron chi connectivity index (χ1n) is 5.99. The molecule has 0 radical (unpaired) electrons. The Hall–Kier alpha value is -1.57. The maximum Gasteiger partial charge on any atom is 0.133 e. The van der Waals surface area contributed by atoms with Gasteiger partial charge in [-0.15, -0.1) is 16.9 Å². The molecule has 0 saturated carbocycles. The number of aryl methyl sites for hydroxylation is 1. The highest BCUT2D eigenvalue weighted by molar-refractivity contribution is 7.99. The van der Waals surface area contributed by atoms with Gasteiger partial charge in [-0.05, 0) is 12.1 Å². The molecule has 0 amide bonds. The lowest BCUT2D eigenvalue weighted by Crippen LogP contribution is -2.43. The van der Waals surface area contributed by atoms with Crippen molar-refractivity contribution in [1.29, 1.82) is 0 Å². The number of nitrogens with zero attached hydrogens (tertiary/aromatic N) is 3. The summed E-state index contributed by atoms with van der Waals surface area (Å²) in [5, 5.41) is 7.82. The van der Waals surface area contributed by atoms with E-state index in [0.29, 0.717) is 0 Å². The van der Waals surface area contributed by atoms with Gasteiger partial charge in [-0.1, -0.05) is 17.3 Å². The molecule has 3 N–H and O–H groups in total. The largest absolute Gasteiger partial charge is 0.486 e. The van der Waals surface area contributed by atoms with Crippen LogP contribution >= 0.6 is 11.8 Å². The zero-order chi connectivity index (χ0) is 13.2. The second kappa shape index (κ2) is 5.20. The minimum Gasteiger partial charge on any atom is -0.486 e. The summed E-state index contributed by atoms with van der Waals surface area (Å²) in [7, 11) is 1.84. The van der Waals surface area contributed by atoms with Gasteiger partial charge in [0.2, 0.25) is 0 Å². The average Bonchev–Trinajstić information content (AvgIpc) is 2.86. The van der Waals surface area contributed by atoms with E-state index in [4.69, 9.17) is 10.6 Å². The average molecular weight is 277 g/mol. The van der Waals surface area contributed by atoms with Gasteiger partial charge in [-0.25, -0.2) is 5.43 Å². The molecule has 1 aliphatic rings. The molecule has 2 heterocycles. The van der Waals surface area contributed by atoms with Crippen molar-refractivity contribution in [2.45, 2.75) is 17.0 Å². The monoisotopic (exact) mass is 277 g/mol. The molecule has 3 rings (SSSR count). The molecule has 0 aliphatic carbocycles. The molecule has 100 valence electrons. The Bertz CT molecular complexity index is 573. The van der Waals surface area contributed by atoms with Crippen molar-refractivity contribution in [3.63, 3.8) is 0 Å². The summed E-state index contributed by atoms with van der Waals surface area (Å²) in [6.07, 6.45) is 1.65. The van der Waals surface area contributed by atoms with Gasteiger partial charge in [-0.3, -0.25) is 10.5 Å². The van der Waals surface area contributed by atoms with Crippen molar-refractivity contribution in [3.8, 4) is 5.75 Å². The van der Waals surface area contributed by atoms with Gasteiger partial charge < -0.3 is 4.74 Å². The van der Waals surface area contributed by atoms with Crippen LogP contribution < -0.4 is 16.0 Å². The molecule has 0 spiro atoms. The van der Waals surface area contributed by atoms with Crippen LogP contribution in [0.1, 0.15) is 11.7 Å². The molecule has 0 fully saturated rings. The van der Waals surface area contributed by atoms with E-state index in [1.807, 2.05) is 25.2 Å². The van der Waals surface area contributed by atoms with Crippen LogP contribution in [0.3, 0.4) is 0 Å². The van der Waals surface area contributed by atoms with Crippen molar-refractivity contribution in [2.24, 2.45) is 12.9 Å². The summed E-state index contributed by atoms with van der Waals surface area (Å²) < 4.78 is 7.74. The number of hydrogen-bond acceptors (Lipinski definition) is 6. The number of nitrogens with two attached hydrogens (primary N) is 1. The second-order valence-electron chi connectivity index (χ2n) is 4.34. The molecule has 2 aromatic rings. The SMILES string of the molecule is Cn1nncc1C(NN)C1CSc2ccccc2O1. The van der Waals surface area contributed by atoms with Crippen molar-refractivity contribution >= 4 is 11.8 Å². The number of nitrogens with one attached hydrogen (secondary N) is 1. The van der Waals surface area contributed by atoms with Gasteiger partial charge in [0, 0.05) is 17.7 Å². The molecule has 2 atom stereocenters. The number of aromatic nitrogens is 3. The summed E-state index contributed by atoms with van der Waals surface area (Å²) in [6.45, 7) is 0. The molecule has 19 heavy (non-hydrogen) atoms. The zero-order valence-electron chi connectivity index (χ0n) is 10.5. The number of ether oxygens (including phenoxy) is 1. The van der Waals surface area contributed by atoms with Crippen molar-refractivity contribution < 1.29 is 4.74 Å². The number of fused-ring (bicyclic) bond motifs is 1. The topological polar surface area (TPSA) is 78.0 Å². The third kappa shape index (κ3) is 2.32. The fraction of sp³-hybridized carbons (Fsp3) is 0.333. The minimum absolute atomic E-state index is 0.0536. The predicted octanol–water partition coefficient (Wildman–Crippen LogP) is 0.873. The maximum atomic E-state index is 6.03. The minimum atomic E-state index is -0.138. The first-order valence-corrected chi connectivity index (χ1v) is 6.97. The van der Waals surface area contributed by atoms with Crippen molar-refractivity contribution in [3.05, 3.63) is 36.2 Å². The Morgan fingerprint density at radius 1 is 1.53 bits per heavy atom. The van der Waals surface area contributed by atoms with Crippen LogP contribution in [-0.4, -0.2) is 26.9 Å². The highest BCUT2D eigenvalue weighted by atomic mass is 32.2. The lowest BCUT2D eigenvalue weighted by atomic mass is 10.1. The van der Waals surface area contributed by atoms with Crippen molar-refractivity contribution in [2.75, 3.05) is 5.75 Å². The first kappa shape index (κ1) is 12.5. The number of rotatable bonds is 3. The van der Waals surface area contributed by atoms with E-state index in [-0.39, 0.29) is 12.1 Å². The molecule has 0 bridgehead atoms. The summed E-state index contributed by atoms with van der Waals surface area (Å²) in [5.74, 6) is 7.41. The third-order valence-corrected chi connectivity index (χ3v) is 4.29. The van der Waals surface area contributed by atoms with Crippen LogP contribution in [0.15, 0.2) is 35.4 Å². The van der Waals surface area contributed by atoms with E-state index >= 15 is 0 Å². The third-order valence-electron chi connectivity index (χ3n) is 3.15. The van der Waals surface area contributed by atoms with Crippen LogP contribution in [0.5, 0.6) is 5.75 Å². The number of hydrogen-bond donors (Lipinski definition) is 2. The molecule has 7 heteroatoms. The summed E-state index contributed by atoms with van der Waals surface area (Å²) in [5.41, 5.74) is 3.72. The lowest BCUT2D eigenvalue weighted by Gasteiger charge is -2.31. The van der Waals surface area contributed by atoms with Crippen LogP contribution in [0.25, 0.3) is 0 Å². The summed E-state index contributed by atoms with van der Waals surface area (Å²) in [4.78, 5) is 1.16. The zero-order valence-corrected chi connectivity index (χ0v) is 11.3. The van der Waals surface area contributed by atoms with Gasteiger partial charge in [0.25, 0.3) is 0 Å². The van der Waals surface area contributed by atoms with Crippen LogP contribution in [0, 0.1) is 0 Å². The van der Waals surface area contributed by atoms with Crippen LogP contribution in [0.4, 0.5) is 0 Å². The second-order valence-corrected chi connectivity index (χ2v) is 5.40. The smallest absolute Gasteiger partial charge is 0.133 e. The summed E-state index contributed by atoms with van der Waals surface area (Å²) >= 11 is 1.77. The molecular weight excluding hydrogens is 262 g/mol. The van der Waals surface area contributed by atoms with Gasteiger partial charge in [-0.2, -0.15) is 0 Å². The fourth-order valence-corrected chi connectivity index (χ4v) is 3.20. The fourth-order valence-electron chi connectivity index (χ4n) is 2.16. The maximum absolute atomic E-state index is 6.03. The molecule has 2 unspecified atom stereocenters. The first-order chi connectivity index (χ1) is 9.29. The van der Waals surface area contributed by atoms with E-state index in [1.165, 1.54) is 0 Å². The van der Waals surface area contributed by atoms with E-state index in [2.05, 4.69) is 21.8 Å². The van der Waals surface area contributed by atoms with Crippen molar-refractivity contribution in [1.82, 2.24) is 20.4 Å². The quantitative estimate of drug-likeness (QED) is 0.640. The highest BCUT2D eigenvalue weighted by Crippen LogP contribution is 2.37. The highest BCUT2D eigenvalue weighted by Gasteiger charge is 2.30. The molecule has 1 aromatic carbocycles. The number of hydrazine groups is 1. The Labute approximate surface area is 115 Å². The Morgan fingerprint density at radius 3 is 3.11 bits per heavy atom. The molecular formula is C12H15N5OS. The molecule has 1 aliphatic heterocycles. The number of thioether (sulfide) groups is 1. The van der Waals surface area contributed by atoms with E-state index in [0.717, 1.165) is 22.1 Å². The standard InChI is InChI=1S/C12H15N5OS/c1-17-8(6-14-16-17)12(15-13)10-7-19-11-5-3-2-4-9(11)18-10/h2-6,10,12,15H,7,13H2,1H3. The predicted molar refractivity (Wildman–Crippen MR) is 72.6 cm³/mol. The number of para-hydroxylation sites is 1. The van der Waals surface area contributed by atoms with Gasteiger partial charge in [0.15, 0.2) is 0 Å². The van der Waals surface area contributed by atoms with Crippen LogP contribution in [0.2, 0.25) is 0 Å². The summed E-state index contributed by atoms with van der Waals surface area (Å²) in [6, 6.07) is 7.88. The Morgan fingerprint density at radius 2 is 2.37 bits per heavy atom. The molecule has 6 nitrogen and oxygen atoms in total. The normalized spacial score (nSPS) is 19.6. The Kier molecular flexibility index (Phi) is 3.41. The molecule has 1 aromatic heterocycles. The van der Waals surface area contributed by atoms with E-state index in [1.54, 1.807) is 22.6 Å². The molecule has 0 saturated heterocycles. The van der Waals surface area contributed by atoms with Gasteiger partial charge in [0.1, 0.15) is 17.9 Å². The van der Waals surface area contributed by atoms with Gasteiger partial charge in [0.05, 0.1) is 11.9 Å². The Balaban J connectivity index is 1.85. The number of benzene rings is 1. The van der Waals surface area contributed by atoms with E-state index < -0.39 is 0 Å².